The van der Waals surface area contributed by atoms with E-state index in [4.69, 9.17) is 16.3 Å². The van der Waals surface area contributed by atoms with E-state index in [2.05, 4.69) is 10.4 Å². The maximum absolute atomic E-state index is 12.7. The Morgan fingerprint density at radius 1 is 1.21 bits per heavy atom. The number of aliphatic carboxylic acids is 1. The van der Waals surface area contributed by atoms with Gasteiger partial charge in [0.25, 0.3) is 11.5 Å². The quantitative estimate of drug-likeness (QED) is 0.549. The fourth-order valence-corrected chi connectivity index (χ4v) is 3.11. The molecule has 1 atom stereocenters. The SMILES string of the molecule is COc1ccccc1[C@H](CC(=O)O)NC(=O)c1cc(=O)n(-c2cccc(Cl)c2)[nH]1. The van der Waals surface area contributed by atoms with Crippen LogP contribution >= 0.6 is 11.6 Å². The van der Waals surface area contributed by atoms with Crippen LogP contribution in [0.1, 0.15) is 28.5 Å². The molecule has 0 aliphatic carbocycles. The maximum Gasteiger partial charge on any atom is 0.305 e. The number of aromatic amines is 1. The van der Waals surface area contributed by atoms with E-state index >= 15 is 0 Å². The lowest BCUT2D eigenvalue weighted by Crippen LogP contribution is -2.30. The molecule has 0 spiro atoms. The lowest BCUT2D eigenvalue weighted by atomic mass is 10.0. The number of carbonyl (C=O) groups is 2. The summed E-state index contributed by atoms with van der Waals surface area (Å²) in [4.78, 5) is 36.3. The average Bonchev–Trinajstić information content (AvgIpc) is 3.09. The number of carboxylic acids is 1. The van der Waals surface area contributed by atoms with Gasteiger partial charge in [-0.15, -0.1) is 0 Å². The molecule has 9 heteroatoms. The number of amides is 1. The van der Waals surface area contributed by atoms with Gasteiger partial charge in [0.1, 0.15) is 11.4 Å². The third-order valence-electron chi connectivity index (χ3n) is 4.23. The zero-order valence-corrected chi connectivity index (χ0v) is 16.1. The Balaban J connectivity index is 1.90. The number of carboxylic acid groups (broad SMARTS) is 1. The Morgan fingerprint density at radius 3 is 2.66 bits per heavy atom. The molecule has 3 aromatic rings. The van der Waals surface area contributed by atoms with Gasteiger partial charge in [0.2, 0.25) is 0 Å². The molecule has 1 amide bonds. The molecule has 0 saturated carbocycles. The highest BCUT2D eigenvalue weighted by Gasteiger charge is 2.23. The monoisotopic (exact) mass is 415 g/mol. The van der Waals surface area contributed by atoms with Crippen LogP contribution in [0.25, 0.3) is 5.69 Å². The summed E-state index contributed by atoms with van der Waals surface area (Å²) in [6.07, 6.45) is -0.356. The summed E-state index contributed by atoms with van der Waals surface area (Å²) in [5, 5.41) is 15.1. The first-order valence-electron chi connectivity index (χ1n) is 8.62. The average molecular weight is 416 g/mol. The molecule has 0 fully saturated rings. The number of rotatable bonds is 7. The number of benzene rings is 2. The largest absolute Gasteiger partial charge is 0.496 e. The molecular weight excluding hydrogens is 398 g/mol. The number of nitrogens with one attached hydrogen (secondary N) is 2. The number of H-pyrrole nitrogens is 1. The van der Waals surface area contributed by atoms with Gasteiger partial charge in [0.15, 0.2) is 0 Å². The predicted molar refractivity (Wildman–Crippen MR) is 107 cm³/mol. The number of nitrogens with zero attached hydrogens (tertiary/aromatic N) is 1. The van der Waals surface area contributed by atoms with Crippen LogP contribution in [0.5, 0.6) is 5.75 Å². The van der Waals surface area contributed by atoms with E-state index in [0.717, 1.165) is 6.07 Å². The van der Waals surface area contributed by atoms with Gasteiger partial charge >= 0.3 is 5.97 Å². The number of para-hydroxylation sites is 1. The van der Waals surface area contributed by atoms with E-state index in [1.54, 1.807) is 48.5 Å². The Labute approximate surface area is 170 Å². The van der Waals surface area contributed by atoms with E-state index in [1.165, 1.54) is 11.8 Å². The number of ether oxygens (including phenoxy) is 1. The Kier molecular flexibility index (Phi) is 6.04. The first kappa shape index (κ1) is 20.2. The fourth-order valence-electron chi connectivity index (χ4n) is 2.92. The third-order valence-corrected chi connectivity index (χ3v) is 4.46. The van der Waals surface area contributed by atoms with Crippen LogP contribution < -0.4 is 15.6 Å². The molecule has 0 radical (unpaired) electrons. The number of aromatic nitrogens is 2. The highest BCUT2D eigenvalue weighted by molar-refractivity contribution is 6.30. The molecule has 0 bridgehead atoms. The molecule has 1 aromatic heterocycles. The molecule has 0 unspecified atom stereocenters. The van der Waals surface area contributed by atoms with Crippen LogP contribution in [-0.4, -0.2) is 33.9 Å². The van der Waals surface area contributed by atoms with Crippen molar-refractivity contribution in [3.8, 4) is 11.4 Å². The van der Waals surface area contributed by atoms with Gasteiger partial charge < -0.3 is 15.2 Å². The van der Waals surface area contributed by atoms with E-state index in [1.807, 2.05) is 0 Å². The highest BCUT2D eigenvalue weighted by atomic mass is 35.5. The van der Waals surface area contributed by atoms with Crippen LogP contribution in [0, 0.1) is 0 Å². The number of halogens is 1. The molecular formula is C20H18ClN3O5. The van der Waals surface area contributed by atoms with E-state index in [-0.39, 0.29) is 12.1 Å². The van der Waals surface area contributed by atoms with E-state index in [9.17, 15) is 19.5 Å². The Hall–Kier alpha value is -3.52. The molecule has 0 saturated heterocycles. The van der Waals surface area contributed by atoms with Crippen molar-refractivity contribution in [2.75, 3.05) is 7.11 Å². The Morgan fingerprint density at radius 2 is 1.97 bits per heavy atom. The van der Waals surface area contributed by atoms with Crippen LogP contribution in [0.15, 0.2) is 59.4 Å². The predicted octanol–water partition coefficient (Wildman–Crippen LogP) is 2.77. The second-order valence-corrected chi connectivity index (χ2v) is 6.63. The number of hydrogen-bond acceptors (Lipinski definition) is 4. The summed E-state index contributed by atoms with van der Waals surface area (Å²) in [5.41, 5.74) is 0.514. The minimum atomic E-state index is -1.09. The fraction of sp³-hybridized carbons (Fsp3) is 0.150. The first-order valence-corrected chi connectivity index (χ1v) is 9.00. The minimum absolute atomic E-state index is 0.0136. The normalized spacial score (nSPS) is 11.7. The van der Waals surface area contributed by atoms with Crippen LogP contribution in [0.3, 0.4) is 0 Å². The third kappa shape index (κ3) is 4.67. The molecule has 2 aromatic carbocycles. The number of hydrogen-bond donors (Lipinski definition) is 3. The van der Waals surface area contributed by atoms with Crippen molar-refractivity contribution in [3.05, 3.63) is 81.2 Å². The van der Waals surface area contributed by atoms with E-state index < -0.39 is 23.5 Å². The summed E-state index contributed by atoms with van der Waals surface area (Å²) >= 11 is 5.95. The molecule has 29 heavy (non-hydrogen) atoms. The van der Waals surface area contributed by atoms with Gasteiger partial charge in [-0.3, -0.25) is 19.5 Å². The van der Waals surface area contributed by atoms with Crippen molar-refractivity contribution < 1.29 is 19.4 Å². The van der Waals surface area contributed by atoms with E-state index in [0.29, 0.717) is 22.0 Å². The second kappa shape index (κ2) is 8.66. The van der Waals surface area contributed by atoms with Crippen molar-refractivity contribution in [1.29, 1.82) is 0 Å². The maximum atomic E-state index is 12.7. The molecule has 3 rings (SSSR count). The molecule has 0 aliphatic rings. The minimum Gasteiger partial charge on any atom is -0.496 e. The topological polar surface area (TPSA) is 113 Å². The molecule has 3 N–H and O–H groups in total. The standard InChI is InChI=1S/C20H18ClN3O5/c1-29-17-8-3-2-7-14(17)15(11-19(26)27)22-20(28)16-10-18(25)24(23-16)13-6-4-5-12(21)9-13/h2-10,15,23H,11H2,1H3,(H,22,28)(H,26,27)/t15-/m0/s1. The first-order chi connectivity index (χ1) is 13.9. The highest BCUT2D eigenvalue weighted by Crippen LogP contribution is 2.27. The van der Waals surface area contributed by atoms with Gasteiger partial charge in [-0.2, -0.15) is 0 Å². The van der Waals surface area contributed by atoms with Crippen LogP contribution in [0.2, 0.25) is 5.02 Å². The van der Waals surface area contributed by atoms with Crippen molar-refractivity contribution >= 4 is 23.5 Å². The van der Waals surface area contributed by atoms with Crippen molar-refractivity contribution in [1.82, 2.24) is 15.1 Å². The summed E-state index contributed by atoms with van der Waals surface area (Å²) in [7, 11) is 1.46. The van der Waals surface area contributed by atoms with Gasteiger partial charge in [-0.1, -0.05) is 35.9 Å². The molecule has 8 nitrogen and oxygen atoms in total. The Bertz CT molecular complexity index is 1110. The van der Waals surface area contributed by atoms with Gasteiger partial charge in [-0.05, 0) is 24.3 Å². The van der Waals surface area contributed by atoms with Crippen LogP contribution in [0.4, 0.5) is 0 Å². The molecule has 0 aliphatic heterocycles. The van der Waals surface area contributed by atoms with Crippen molar-refractivity contribution in [2.24, 2.45) is 0 Å². The summed E-state index contributed by atoms with van der Waals surface area (Å²) in [6.45, 7) is 0. The molecule has 1 heterocycles. The van der Waals surface area contributed by atoms with Gasteiger partial charge in [0.05, 0.1) is 25.3 Å². The second-order valence-electron chi connectivity index (χ2n) is 6.19. The summed E-state index contributed by atoms with van der Waals surface area (Å²) in [6, 6.07) is 13.7. The number of methoxy groups -OCH3 is 1. The van der Waals surface area contributed by atoms with Gasteiger partial charge in [-0.25, -0.2) is 4.68 Å². The summed E-state index contributed by atoms with van der Waals surface area (Å²) in [5.74, 6) is -1.27. The lowest BCUT2D eigenvalue weighted by Gasteiger charge is -2.19. The van der Waals surface area contributed by atoms with Gasteiger partial charge in [0, 0.05) is 16.7 Å². The van der Waals surface area contributed by atoms with Crippen molar-refractivity contribution in [3.63, 3.8) is 0 Å². The smallest absolute Gasteiger partial charge is 0.305 e. The number of carbonyl (C=O) groups excluding carboxylic acids is 1. The lowest BCUT2D eigenvalue weighted by molar-refractivity contribution is -0.137. The molecule has 150 valence electrons. The zero-order valence-electron chi connectivity index (χ0n) is 15.4. The summed E-state index contributed by atoms with van der Waals surface area (Å²) < 4.78 is 6.45. The van der Waals surface area contributed by atoms with Crippen molar-refractivity contribution in [2.45, 2.75) is 12.5 Å². The zero-order chi connectivity index (χ0) is 21.0. The van der Waals surface area contributed by atoms with Crippen LogP contribution in [-0.2, 0) is 4.79 Å².